The number of ether oxygens (including phenoxy) is 3. The second-order valence-electron chi connectivity index (χ2n) is 5.21. The summed E-state index contributed by atoms with van der Waals surface area (Å²) in [6, 6.07) is 3.14. The summed E-state index contributed by atoms with van der Waals surface area (Å²) in [6.07, 6.45) is 3.02. The third-order valence-electron chi connectivity index (χ3n) is 3.37. The second-order valence-corrected chi connectivity index (χ2v) is 6.61. The number of thioether (sulfide) groups is 1. The van der Waals surface area contributed by atoms with Gasteiger partial charge in [0.05, 0.1) is 23.6 Å². The number of hydrogen-bond donors (Lipinski definition) is 0. The van der Waals surface area contributed by atoms with E-state index in [1.165, 1.54) is 19.3 Å². The Labute approximate surface area is 165 Å². The van der Waals surface area contributed by atoms with Gasteiger partial charge in [-0.2, -0.15) is 0 Å². The lowest BCUT2D eigenvalue weighted by atomic mass is 10.1. The molecular weight excluding hydrogens is 394 g/mol. The van der Waals surface area contributed by atoms with Crippen LogP contribution in [0.2, 0.25) is 5.02 Å². The lowest BCUT2D eigenvalue weighted by Gasteiger charge is -2.13. The molecule has 0 atom stereocenters. The lowest BCUT2D eigenvalue weighted by Crippen LogP contribution is -2.27. The number of methoxy groups -OCH3 is 1. The molecule has 27 heavy (non-hydrogen) atoms. The molecule has 0 radical (unpaired) electrons. The first-order valence-electron chi connectivity index (χ1n) is 7.93. The molecule has 0 bridgehead atoms. The molecule has 2 amide bonds. The number of carbonyl (C=O) groups is 3. The molecule has 0 aliphatic carbocycles. The van der Waals surface area contributed by atoms with Gasteiger partial charge in [0.15, 0.2) is 18.1 Å². The molecule has 0 spiro atoms. The summed E-state index contributed by atoms with van der Waals surface area (Å²) in [4.78, 5) is 37.0. The van der Waals surface area contributed by atoms with Gasteiger partial charge in [0.1, 0.15) is 0 Å². The highest BCUT2D eigenvalue weighted by Crippen LogP contribution is 2.38. The standard InChI is InChI=1S/C18H18ClNO6S/c1-4-6-20-17(22)14(27-18(20)23)9-11-7-12(19)16(13(8-11)24-3)26-10-15(21)25-5-2/h4,7-9H,1,5-6,10H2,2-3H3/b14-9-. The average Bonchev–Trinajstić information content (AvgIpc) is 2.88. The normalized spacial score (nSPS) is 15.2. The van der Waals surface area contributed by atoms with E-state index in [1.807, 2.05) is 0 Å². The average molecular weight is 412 g/mol. The molecule has 1 saturated heterocycles. The summed E-state index contributed by atoms with van der Waals surface area (Å²) in [7, 11) is 1.42. The largest absolute Gasteiger partial charge is 0.493 e. The van der Waals surface area contributed by atoms with Crippen molar-refractivity contribution in [3.05, 3.63) is 40.3 Å². The molecule has 2 rings (SSSR count). The van der Waals surface area contributed by atoms with Gasteiger partial charge < -0.3 is 14.2 Å². The van der Waals surface area contributed by atoms with E-state index in [9.17, 15) is 14.4 Å². The Morgan fingerprint density at radius 2 is 2.11 bits per heavy atom. The predicted octanol–water partition coefficient (Wildman–Crippen LogP) is 3.51. The maximum atomic E-state index is 12.3. The van der Waals surface area contributed by atoms with E-state index in [0.29, 0.717) is 5.56 Å². The van der Waals surface area contributed by atoms with Crippen molar-refractivity contribution < 1.29 is 28.6 Å². The van der Waals surface area contributed by atoms with Crippen LogP contribution in [0, 0.1) is 0 Å². The van der Waals surface area contributed by atoms with Gasteiger partial charge >= 0.3 is 5.97 Å². The molecule has 144 valence electrons. The molecule has 0 saturated carbocycles. The lowest BCUT2D eigenvalue weighted by molar-refractivity contribution is -0.145. The van der Waals surface area contributed by atoms with Crippen molar-refractivity contribution in [1.29, 1.82) is 0 Å². The fourth-order valence-electron chi connectivity index (χ4n) is 2.23. The molecule has 7 nitrogen and oxygen atoms in total. The van der Waals surface area contributed by atoms with Crippen LogP contribution in [0.5, 0.6) is 11.5 Å². The van der Waals surface area contributed by atoms with Gasteiger partial charge in [0.2, 0.25) is 0 Å². The van der Waals surface area contributed by atoms with Gasteiger partial charge in [0.25, 0.3) is 11.1 Å². The first-order chi connectivity index (χ1) is 12.9. The van der Waals surface area contributed by atoms with Crippen molar-refractivity contribution in [2.24, 2.45) is 0 Å². The number of rotatable bonds is 8. The first kappa shape index (κ1) is 20.9. The number of amides is 2. The van der Waals surface area contributed by atoms with Gasteiger partial charge in [-0.25, -0.2) is 4.79 Å². The van der Waals surface area contributed by atoms with Gasteiger partial charge in [-0.3, -0.25) is 14.5 Å². The Morgan fingerprint density at radius 1 is 1.37 bits per heavy atom. The maximum Gasteiger partial charge on any atom is 0.344 e. The minimum atomic E-state index is -0.532. The van der Waals surface area contributed by atoms with Crippen molar-refractivity contribution in [3.63, 3.8) is 0 Å². The third-order valence-corrected chi connectivity index (χ3v) is 4.56. The number of hydrogen-bond acceptors (Lipinski definition) is 7. The number of carbonyl (C=O) groups excluding carboxylic acids is 3. The van der Waals surface area contributed by atoms with Gasteiger partial charge in [-0.05, 0) is 42.5 Å². The maximum absolute atomic E-state index is 12.3. The highest BCUT2D eigenvalue weighted by Gasteiger charge is 2.34. The molecular formula is C18H18ClNO6S. The summed E-state index contributed by atoms with van der Waals surface area (Å²) in [5, 5.41) is -0.172. The fourth-order valence-corrected chi connectivity index (χ4v) is 3.36. The van der Waals surface area contributed by atoms with Crippen molar-refractivity contribution >= 4 is 46.6 Å². The van der Waals surface area contributed by atoms with Crippen LogP contribution in [0.15, 0.2) is 29.7 Å². The highest BCUT2D eigenvalue weighted by atomic mass is 35.5. The Hall–Kier alpha value is -2.45. The van der Waals surface area contributed by atoms with Crippen molar-refractivity contribution in [2.75, 3.05) is 26.9 Å². The number of benzene rings is 1. The molecule has 1 aliphatic heterocycles. The highest BCUT2D eigenvalue weighted by molar-refractivity contribution is 8.18. The van der Waals surface area contributed by atoms with Gasteiger partial charge in [-0.1, -0.05) is 17.7 Å². The minimum Gasteiger partial charge on any atom is -0.493 e. The molecule has 1 heterocycles. The van der Waals surface area contributed by atoms with Gasteiger partial charge in [0, 0.05) is 6.54 Å². The van der Waals surface area contributed by atoms with E-state index in [2.05, 4.69) is 6.58 Å². The van der Waals surface area contributed by atoms with Crippen LogP contribution in [0.3, 0.4) is 0 Å². The van der Waals surface area contributed by atoms with Gasteiger partial charge in [-0.15, -0.1) is 6.58 Å². The second kappa shape index (κ2) is 9.48. The van der Waals surface area contributed by atoms with Crippen molar-refractivity contribution in [3.8, 4) is 11.5 Å². The van der Waals surface area contributed by atoms with E-state index >= 15 is 0 Å². The Bertz CT molecular complexity index is 807. The van der Waals surface area contributed by atoms with Crippen LogP contribution in [-0.4, -0.2) is 48.9 Å². The molecule has 9 heteroatoms. The Morgan fingerprint density at radius 3 is 2.74 bits per heavy atom. The zero-order valence-electron chi connectivity index (χ0n) is 14.8. The third kappa shape index (κ3) is 5.05. The number of imide groups is 1. The number of nitrogens with zero attached hydrogens (tertiary/aromatic N) is 1. The van der Waals surface area contributed by atoms with E-state index in [0.717, 1.165) is 16.7 Å². The molecule has 1 aromatic carbocycles. The molecule has 0 aromatic heterocycles. The number of esters is 1. The monoisotopic (exact) mass is 411 g/mol. The van der Waals surface area contributed by atoms with E-state index in [4.69, 9.17) is 25.8 Å². The van der Waals surface area contributed by atoms with E-state index in [1.54, 1.807) is 19.1 Å². The minimum absolute atomic E-state index is 0.146. The molecule has 1 fully saturated rings. The van der Waals surface area contributed by atoms with Crippen LogP contribution in [0.4, 0.5) is 4.79 Å². The predicted molar refractivity (Wildman–Crippen MR) is 103 cm³/mol. The zero-order chi connectivity index (χ0) is 20.0. The quantitative estimate of drug-likeness (QED) is 0.367. The summed E-state index contributed by atoms with van der Waals surface area (Å²) < 4.78 is 15.4. The summed E-state index contributed by atoms with van der Waals surface area (Å²) >= 11 is 7.07. The Balaban J connectivity index is 2.26. The van der Waals surface area contributed by atoms with Crippen LogP contribution < -0.4 is 9.47 Å². The molecule has 0 unspecified atom stereocenters. The molecule has 1 aromatic rings. The summed E-state index contributed by atoms with van der Waals surface area (Å²) in [5.74, 6) is -0.467. The number of halogens is 1. The van der Waals surface area contributed by atoms with Crippen LogP contribution in [-0.2, 0) is 14.3 Å². The van der Waals surface area contributed by atoms with E-state index < -0.39 is 11.9 Å². The topological polar surface area (TPSA) is 82.1 Å². The first-order valence-corrected chi connectivity index (χ1v) is 9.12. The summed E-state index contributed by atoms with van der Waals surface area (Å²) in [6.45, 7) is 5.30. The van der Waals surface area contributed by atoms with Crippen LogP contribution in [0.25, 0.3) is 6.08 Å². The van der Waals surface area contributed by atoms with Crippen LogP contribution >= 0.6 is 23.4 Å². The smallest absolute Gasteiger partial charge is 0.344 e. The SMILES string of the molecule is C=CCN1C(=O)S/C(=C\c2cc(Cl)c(OCC(=O)OCC)c(OC)c2)C1=O. The summed E-state index contributed by atoms with van der Waals surface area (Å²) in [5.41, 5.74) is 0.546. The molecule has 1 aliphatic rings. The van der Waals surface area contributed by atoms with Crippen molar-refractivity contribution in [1.82, 2.24) is 4.90 Å². The Kier molecular flexibility index (Phi) is 7.32. The zero-order valence-corrected chi connectivity index (χ0v) is 16.4. The van der Waals surface area contributed by atoms with Crippen molar-refractivity contribution in [2.45, 2.75) is 6.92 Å². The van der Waals surface area contributed by atoms with Crippen LogP contribution in [0.1, 0.15) is 12.5 Å². The molecule has 0 N–H and O–H groups in total. The fraction of sp³-hybridized carbons (Fsp3) is 0.278. The van der Waals surface area contributed by atoms with E-state index in [-0.39, 0.29) is 46.4 Å².